The average molecular weight is 212 g/mol. The zero-order valence-electron chi connectivity index (χ0n) is 8.84. The van der Waals surface area contributed by atoms with Crippen LogP contribution in [0.3, 0.4) is 0 Å². The summed E-state index contributed by atoms with van der Waals surface area (Å²) in [5.41, 5.74) is 3.02. The highest BCUT2D eigenvalue weighted by Gasteiger charge is 2.29. The molecule has 14 heavy (non-hydrogen) atoms. The molecule has 2 heteroatoms. The summed E-state index contributed by atoms with van der Waals surface area (Å²) in [6.45, 7) is 5.61. The lowest BCUT2D eigenvalue weighted by Crippen LogP contribution is -2.33. The van der Waals surface area contributed by atoms with Gasteiger partial charge in [0.1, 0.15) is 0 Å². The van der Waals surface area contributed by atoms with Gasteiger partial charge in [0, 0.05) is 5.54 Å². The Balaban J connectivity index is 0.000000980. The van der Waals surface area contributed by atoms with Crippen LogP contribution >= 0.6 is 12.4 Å². The Morgan fingerprint density at radius 3 is 2.71 bits per heavy atom. The van der Waals surface area contributed by atoms with Crippen molar-refractivity contribution >= 4 is 12.4 Å². The Bertz CT molecular complexity index is 303. The average Bonchev–Trinajstić information content (AvgIpc) is 2.54. The van der Waals surface area contributed by atoms with E-state index in [2.05, 4.69) is 43.4 Å². The second-order valence-electron chi connectivity index (χ2n) is 4.23. The largest absolute Gasteiger partial charge is 0.308 e. The topological polar surface area (TPSA) is 12.0 Å². The SMILES string of the molecule is Cc1cccc(C2(C)CCCN2)c1.Cl. The van der Waals surface area contributed by atoms with Crippen LogP contribution in [-0.4, -0.2) is 6.54 Å². The molecule has 1 fully saturated rings. The van der Waals surface area contributed by atoms with Gasteiger partial charge in [-0.25, -0.2) is 0 Å². The fourth-order valence-corrected chi connectivity index (χ4v) is 2.13. The van der Waals surface area contributed by atoms with Gasteiger partial charge in [0.2, 0.25) is 0 Å². The number of hydrogen-bond donors (Lipinski definition) is 1. The molecule has 0 spiro atoms. The van der Waals surface area contributed by atoms with Crippen LogP contribution in [0.4, 0.5) is 0 Å². The fourth-order valence-electron chi connectivity index (χ4n) is 2.13. The molecule has 0 aromatic heterocycles. The Morgan fingerprint density at radius 1 is 1.36 bits per heavy atom. The molecule has 1 N–H and O–H groups in total. The number of rotatable bonds is 1. The zero-order chi connectivity index (χ0) is 9.31. The van der Waals surface area contributed by atoms with Crippen molar-refractivity contribution in [3.05, 3.63) is 35.4 Å². The van der Waals surface area contributed by atoms with Crippen LogP contribution in [0.25, 0.3) is 0 Å². The summed E-state index contributed by atoms with van der Waals surface area (Å²) >= 11 is 0. The second-order valence-corrected chi connectivity index (χ2v) is 4.23. The van der Waals surface area contributed by atoms with Gasteiger partial charge in [0.25, 0.3) is 0 Å². The Kier molecular flexibility index (Phi) is 3.57. The number of benzene rings is 1. The molecule has 1 aromatic rings. The summed E-state index contributed by atoms with van der Waals surface area (Å²) in [5.74, 6) is 0. The molecule has 0 saturated carbocycles. The highest BCUT2D eigenvalue weighted by Crippen LogP contribution is 2.30. The molecule has 1 aliphatic heterocycles. The van der Waals surface area contributed by atoms with Gasteiger partial charge in [-0.1, -0.05) is 29.8 Å². The Hall–Kier alpha value is -0.530. The maximum Gasteiger partial charge on any atom is 0.0406 e. The molecule has 1 aliphatic rings. The van der Waals surface area contributed by atoms with E-state index < -0.39 is 0 Å². The van der Waals surface area contributed by atoms with Gasteiger partial charge in [-0.3, -0.25) is 0 Å². The molecular formula is C12H18ClN. The van der Waals surface area contributed by atoms with E-state index in [0.29, 0.717) is 0 Å². The van der Waals surface area contributed by atoms with Crippen molar-refractivity contribution in [1.82, 2.24) is 5.32 Å². The minimum absolute atomic E-state index is 0. The van der Waals surface area contributed by atoms with Crippen LogP contribution in [0.5, 0.6) is 0 Å². The molecule has 1 unspecified atom stereocenters. The van der Waals surface area contributed by atoms with Crippen LogP contribution in [0.15, 0.2) is 24.3 Å². The molecule has 0 amide bonds. The van der Waals surface area contributed by atoms with Gasteiger partial charge in [-0.15, -0.1) is 12.4 Å². The van der Waals surface area contributed by atoms with E-state index in [1.54, 1.807) is 0 Å². The van der Waals surface area contributed by atoms with E-state index in [4.69, 9.17) is 0 Å². The third-order valence-corrected chi connectivity index (χ3v) is 3.02. The van der Waals surface area contributed by atoms with Gasteiger partial charge >= 0.3 is 0 Å². The summed E-state index contributed by atoms with van der Waals surface area (Å²) in [6, 6.07) is 8.82. The summed E-state index contributed by atoms with van der Waals surface area (Å²) in [4.78, 5) is 0. The number of hydrogen-bond acceptors (Lipinski definition) is 1. The molecule has 1 heterocycles. The molecule has 1 nitrogen and oxygen atoms in total. The summed E-state index contributed by atoms with van der Waals surface area (Å²) in [6.07, 6.45) is 2.56. The first-order valence-electron chi connectivity index (χ1n) is 5.03. The lowest BCUT2D eigenvalue weighted by Gasteiger charge is -2.25. The predicted molar refractivity (Wildman–Crippen MR) is 63.0 cm³/mol. The van der Waals surface area contributed by atoms with Crippen LogP contribution in [0.2, 0.25) is 0 Å². The molecule has 2 rings (SSSR count). The lowest BCUT2D eigenvalue weighted by atomic mass is 9.90. The van der Waals surface area contributed by atoms with Crippen LogP contribution < -0.4 is 5.32 Å². The first kappa shape index (κ1) is 11.5. The highest BCUT2D eigenvalue weighted by molar-refractivity contribution is 5.85. The third-order valence-electron chi connectivity index (χ3n) is 3.02. The maximum atomic E-state index is 3.58. The van der Waals surface area contributed by atoms with E-state index in [1.165, 1.54) is 24.0 Å². The minimum Gasteiger partial charge on any atom is -0.308 e. The monoisotopic (exact) mass is 211 g/mol. The van der Waals surface area contributed by atoms with Gasteiger partial charge in [-0.2, -0.15) is 0 Å². The van der Waals surface area contributed by atoms with Crippen molar-refractivity contribution in [2.45, 2.75) is 32.2 Å². The molecule has 1 aromatic carbocycles. The molecule has 1 atom stereocenters. The molecular weight excluding hydrogens is 194 g/mol. The van der Waals surface area contributed by atoms with Crippen LogP contribution in [0, 0.1) is 6.92 Å². The summed E-state index contributed by atoms with van der Waals surface area (Å²) in [7, 11) is 0. The van der Waals surface area contributed by atoms with Crippen molar-refractivity contribution in [3.63, 3.8) is 0 Å². The first-order valence-corrected chi connectivity index (χ1v) is 5.03. The van der Waals surface area contributed by atoms with E-state index in [1.807, 2.05) is 0 Å². The predicted octanol–water partition coefficient (Wildman–Crippen LogP) is 3.02. The summed E-state index contributed by atoms with van der Waals surface area (Å²) in [5, 5.41) is 3.58. The van der Waals surface area contributed by atoms with E-state index >= 15 is 0 Å². The van der Waals surface area contributed by atoms with Gasteiger partial charge in [-0.05, 0) is 38.8 Å². The zero-order valence-corrected chi connectivity index (χ0v) is 9.66. The third kappa shape index (κ3) is 2.10. The van der Waals surface area contributed by atoms with Crippen LogP contribution in [-0.2, 0) is 5.54 Å². The number of aryl methyl sites for hydroxylation is 1. The van der Waals surface area contributed by atoms with Gasteiger partial charge in [0.05, 0.1) is 0 Å². The normalized spacial score (nSPS) is 25.9. The Labute approximate surface area is 92.3 Å². The molecule has 0 aliphatic carbocycles. The Morgan fingerprint density at radius 2 is 2.14 bits per heavy atom. The smallest absolute Gasteiger partial charge is 0.0406 e. The molecule has 78 valence electrons. The fraction of sp³-hybridized carbons (Fsp3) is 0.500. The second kappa shape index (κ2) is 4.33. The summed E-state index contributed by atoms with van der Waals surface area (Å²) < 4.78 is 0. The quantitative estimate of drug-likeness (QED) is 0.753. The van der Waals surface area contributed by atoms with E-state index in [0.717, 1.165) is 6.54 Å². The maximum absolute atomic E-state index is 3.58. The van der Waals surface area contributed by atoms with Crippen molar-refractivity contribution in [3.8, 4) is 0 Å². The first-order chi connectivity index (χ1) is 6.21. The number of nitrogens with one attached hydrogen (secondary N) is 1. The van der Waals surface area contributed by atoms with Gasteiger partial charge in [0.15, 0.2) is 0 Å². The molecule has 0 bridgehead atoms. The van der Waals surface area contributed by atoms with Crippen molar-refractivity contribution in [2.75, 3.05) is 6.54 Å². The van der Waals surface area contributed by atoms with Crippen molar-refractivity contribution < 1.29 is 0 Å². The molecule has 0 radical (unpaired) electrons. The highest BCUT2D eigenvalue weighted by atomic mass is 35.5. The van der Waals surface area contributed by atoms with E-state index in [9.17, 15) is 0 Å². The standard InChI is InChI=1S/C12H17N.ClH/c1-10-5-3-6-11(9-10)12(2)7-4-8-13-12;/h3,5-6,9,13H,4,7-8H2,1-2H3;1H. The van der Waals surface area contributed by atoms with E-state index in [-0.39, 0.29) is 17.9 Å². The van der Waals surface area contributed by atoms with Crippen molar-refractivity contribution in [2.24, 2.45) is 0 Å². The van der Waals surface area contributed by atoms with Crippen molar-refractivity contribution in [1.29, 1.82) is 0 Å². The van der Waals surface area contributed by atoms with Gasteiger partial charge < -0.3 is 5.32 Å². The minimum atomic E-state index is 0. The number of halogens is 1. The molecule has 1 saturated heterocycles. The van der Waals surface area contributed by atoms with Crippen LogP contribution in [0.1, 0.15) is 30.9 Å². The lowest BCUT2D eigenvalue weighted by molar-refractivity contribution is 0.434.